The SMILES string of the molecule is FC(F)(F)Pc1ncc[nH]1. The van der Waals surface area contributed by atoms with E-state index in [0.717, 1.165) is 0 Å². The van der Waals surface area contributed by atoms with Gasteiger partial charge in [0.1, 0.15) is 5.57 Å². The minimum Gasteiger partial charge on any atom is -0.345 e. The van der Waals surface area contributed by atoms with Crippen LogP contribution in [0.2, 0.25) is 0 Å². The van der Waals surface area contributed by atoms with Gasteiger partial charge < -0.3 is 4.98 Å². The second-order valence-electron chi connectivity index (χ2n) is 1.56. The molecule has 0 saturated carbocycles. The van der Waals surface area contributed by atoms with Gasteiger partial charge in [-0.25, -0.2) is 4.98 Å². The maximum absolute atomic E-state index is 11.6. The van der Waals surface area contributed by atoms with Crippen LogP contribution in [-0.4, -0.2) is 15.9 Å². The molecule has 2 nitrogen and oxygen atoms in total. The van der Waals surface area contributed by atoms with Crippen molar-refractivity contribution in [3.05, 3.63) is 12.4 Å². The largest absolute Gasteiger partial charge is 0.409 e. The van der Waals surface area contributed by atoms with Gasteiger partial charge in [-0.3, -0.25) is 0 Å². The fourth-order valence-electron chi connectivity index (χ4n) is 0.468. The number of imidazole rings is 1. The molecule has 1 heterocycles. The number of alkyl halides is 3. The average Bonchev–Trinajstić information content (AvgIpc) is 2.12. The Labute approximate surface area is 56.6 Å². The van der Waals surface area contributed by atoms with Crippen molar-refractivity contribution in [2.45, 2.75) is 5.92 Å². The highest BCUT2D eigenvalue weighted by atomic mass is 31.1. The normalized spacial score (nSPS) is 13.1. The van der Waals surface area contributed by atoms with Crippen LogP contribution >= 0.6 is 8.58 Å². The summed E-state index contributed by atoms with van der Waals surface area (Å²) >= 11 is 0. The van der Waals surface area contributed by atoms with E-state index in [4.69, 9.17) is 0 Å². The maximum Gasteiger partial charge on any atom is 0.409 e. The summed E-state index contributed by atoms with van der Waals surface area (Å²) in [5.41, 5.74) is -0.0208. The fraction of sp³-hybridized carbons (Fsp3) is 0.250. The number of nitrogens with one attached hydrogen (secondary N) is 1. The first-order chi connectivity index (χ1) is 4.58. The van der Waals surface area contributed by atoms with Crippen LogP contribution in [0.15, 0.2) is 12.4 Å². The molecule has 6 heteroatoms. The van der Waals surface area contributed by atoms with Crippen molar-refractivity contribution in [1.82, 2.24) is 9.97 Å². The van der Waals surface area contributed by atoms with Gasteiger partial charge >= 0.3 is 5.92 Å². The molecule has 0 spiro atoms. The molecule has 1 atom stereocenters. The van der Waals surface area contributed by atoms with Crippen molar-refractivity contribution in [2.75, 3.05) is 0 Å². The molecule has 56 valence electrons. The summed E-state index contributed by atoms with van der Waals surface area (Å²) in [6.07, 6.45) is 2.67. The van der Waals surface area contributed by atoms with Crippen LogP contribution in [0.3, 0.4) is 0 Å². The predicted octanol–water partition coefficient (Wildman–Crippen LogP) is 1.23. The van der Waals surface area contributed by atoms with Crippen LogP contribution in [0.4, 0.5) is 13.2 Å². The van der Waals surface area contributed by atoms with E-state index in [1.165, 1.54) is 12.4 Å². The summed E-state index contributed by atoms with van der Waals surface area (Å²) in [4.78, 5) is 5.81. The Morgan fingerprint density at radius 3 is 2.60 bits per heavy atom. The van der Waals surface area contributed by atoms with Crippen LogP contribution < -0.4 is 5.57 Å². The Kier molecular flexibility index (Phi) is 1.94. The van der Waals surface area contributed by atoms with E-state index < -0.39 is 14.5 Å². The summed E-state index contributed by atoms with van der Waals surface area (Å²) in [5.74, 6) is -4.14. The third-order valence-corrected chi connectivity index (χ3v) is 1.55. The van der Waals surface area contributed by atoms with Gasteiger partial charge in [0, 0.05) is 12.4 Å². The van der Waals surface area contributed by atoms with Crippen molar-refractivity contribution in [1.29, 1.82) is 0 Å². The van der Waals surface area contributed by atoms with Crippen LogP contribution in [0.1, 0.15) is 0 Å². The highest BCUT2D eigenvalue weighted by Crippen LogP contribution is 2.34. The van der Waals surface area contributed by atoms with Gasteiger partial charge in [-0.2, -0.15) is 13.2 Å². The molecule has 0 amide bonds. The Morgan fingerprint density at radius 2 is 2.20 bits per heavy atom. The highest BCUT2D eigenvalue weighted by molar-refractivity contribution is 7.47. The van der Waals surface area contributed by atoms with E-state index >= 15 is 0 Å². The minimum atomic E-state index is -4.14. The first-order valence-electron chi connectivity index (χ1n) is 2.42. The standard InChI is InChI=1S/C4H4F3N2P/c5-4(6,7)10-3-8-1-2-9-3/h1-2,10H,(H,8,9). The number of hydrogen-bond donors (Lipinski definition) is 1. The fourth-order valence-corrected chi connectivity index (χ4v) is 1.03. The van der Waals surface area contributed by atoms with E-state index in [-0.39, 0.29) is 5.57 Å². The Morgan fingerprint density at radius 1 is 1.50 bits per heavy atom. The second-order valence-corrected chi connectivity index (χ2v) is 2.85. The lowest BCUT2D eigenvalue weighted by Crippen LogP contribution is -2.08. The third-order valence-electron chi connectivity index (χ3n) is 0.758. The molecule has 1 N–H and O–H groups in total. The molecule has 1 aromatic heterocycles. The van der Waals surface area contributed by atoms with Crippen LogP contribution in [-0.2, 0) is 0 Å². The van der Waals surface area contributed by atoms with Crippen LogP contribution in [0, 0.1) is 0 Å². The van der Waals surface area contributed by atoms with Gasteiger partial charge in [0.25, 0.3) is 0 Å². The summed E-state index contributed by atoms with van der Waals surface area (Å²) < 4.78 is 34.7. The third kappa shape index (κ3) is 2.35. The van der Waals surface area contributed by atoms with Gasteiger partial charge in [-0.1, -0.05) is 0 Å². The maximum atomic E-state index is 11.6. The zero-order valence-electron chi connectivity index (χ0n) is 4.74. The zero-order valence-corrected chi connectivity index (χ0v) is 5.74. The molecule has 0 aromatic carbocycles. The molecule has 0 saturated heterocycles. The van der Waals surface area contributed by atoms with Gasteiger partial charge in [-0.05, 0) is 0 Å². The molecule has 1 aromatic rings. The van der Waals surface area contributed by atoms with Crippen LogP contribution in [0.5, 0.6) is 0 Å². The molecule has 10 heavy (non-hydrogen) atoms. The van der Waals surface area contributed by atoms with E-state index in [2.05, 4.69) is 9.97 Å². The number of aromatic amines is 1. The van der Waals surface area contributed by atoms with Crippen molar-refractivity contribution in [3.8, 4) is 0 Å². The molecular weight excluding hydrogens is 164 g/mol. The average molecular weight is 168 g/mol. The second kappa shape index (κ2) is 2.58. The molecule has 0 bridgehead atoms. The van der Waals surface area contributed by atoms with Crippen molar-refractivity contribution < 1.29 is 13.2 Å². The smallest absolute Gasteiger partial charge is 0.345 e. The number of aromatic nitrogens is 2. The van der Waals surface area contributed by atoms with Crippen molar-refractivity contribution >= 4 is 14.1 Å². The lowest BCUT2D eigenvalue weighted by Gasteiger charge is -2.01. The number of nitrogens with zero attached hydrogens (tertiary/aromatic N) is 1. The lowest BCUT2D eigenvalue weighted by molar-refractivity contribution is -0.0360. The monoisotopic (exact) mass is 168 g/mol. The summed E-state index contributed by atoms with van der Waals surface area (Å²) in [7, 11) is -1.23. The molecule has 0 radical (unpaired) electrons. The Balaban J connectivity index is 2.57. The van der Waals surface area contributed by atoms with E-state index in [0.29, 0.717) is 0 Å². The molecule has 1 unspecified atom stereocenters. The van der Waals surface area contributed by atoms with Crippen molar-refractivity contribution in [2.24, 2.45) is 0 Å². The summed E-state index contributed by atoms with van der Waals surface area (Å²) in [6, 6.07) is 0. The first-order valence-corrected chi connectivity index (χ1v) is 3.42. The van der Waals surface area contributed by atoms with E-state index in [9.17, 15) is 13.2 Å². The summed E-state index contributed by atoms with van der Waals surface area (Å²) in [5, 5.41) is 0. The van der Waals surface area contributed by atoms with Gasteiger partial charge in [0.2, 0.25) is 0 Å². The number of rotatable bonds is 1. The topological polar surface area (TPSA) is 28.7 Å². The lowest BCUT2D eigenvalue weighted by atomic mass is 11.0. The Hall–Kier alpha value is -0.570. The molecule has 1 rings (SSSR count). The van der Waals surface area contributed by atoms with Gasteiger partial charge in [-0.15, -0.1) is 0 Å². The van der Waals surface area contributed by atoms with Crippen molar-refractivity contribution in [3.63, 3.8) is 0 Å². The number of hydrogen-bond acceptors (Lipinski definition) is 1. The quantitative estimate of drug-likeness (QED) is 0.627. The molecule has 0 aliphatic heterocycles. The van der Waals surface area contributed by atoms with Gasteiger partial charge in [0.05, 0.1) is 8.58 Å². The molecule has 0 fully saturated rings. The number of halogens is 3. The van der Waals surface area contributed by atoms with Gasteiger partial charge in [0.15, 0.2) is 0 Å². The first kappa shape index (κ1) is 7.54. The minimum absolute atomic E-state index is 0.0208. The number of H-pyrrole nitrogens is 1. The summed E-state index contributed by atoms with van der Waals surface area (Å²) in [6.45, 7) is 0. The van der Waals surface area contributed by atoms with E-state index in [1.807, 2.05) is 0 Å². The highest BCUT2D eigenvalue weighted by Gasteiger charge is 2.28. The van der Waals surface area contributed by atoms with Crippen LogP contribution in [0.25, 0.3) is 0 Å². The molecule has 0 aliphatic carbocycles. The molecule has 0 aliphatic rings. The van der Waals surface area contributed by atoms with E-state index in [1.54, 1.807) is 0 Å². The predicted molar refractivity (Wildman–Crippen MR) is 32.6 cm³/mol. The zero-order chi connectivity index (χ0) is 7.61. The molecular formula is C4H4F3N2P. The Bertz CT molecular complexity index is 193.